The van der Waals surface area contributed by atoms with Gasteiger partial charge in [-0.3, -0.25) is 9.48 Å². The lowest BCUT2D eigenvalue weighted by molar-refractivity contribution is 0.0675. The fraction of sp³-hybridized carbons (Fsp3) is 0.500. The van der Waals surface area contributed by atoms with Crippen LogP contribution in [-0.2, 0) is 5.54 Å². The van der Waals surface area contributed by atoms with Crippen molar-refractivity contribution >= 4 is 5.91 Å². The molecule has 2 aromatic heterocycles. The lowest BCUT2D eigenvalue weighted by Gasteiger charge is -2.32. The minimum Gasteiger partial charge on any atom is -0.339 e. The van der Waals surface area contributed by atoms with E-state index in [2.05, 4.69) is 30.9 Å². The van der Waals surface area contributed by atoms with Gasteiger partial charge in [0.15, 0.2) is 0 Å². The quantitative estimate of drug-likeness (QED) is 0.590. The van der Waals surface area contributed by atoms with Crippen molar-refractivity contribution in [1.29, 1.82) is 0 Å². The zero-order chi connectivity index (χ0) is 22.5. The fourth-order valence-corrected chi connectivity index (χ4v) is 4.31. The van der Waals surface area contributed by atoms with E-state index in [0.29, 0.717) is 42.0 Å². The lowest BCUT2D eigenvalue weighted by atomic mass is 9.97. The van der Waals surface area contributed by atoms with Crippen LogP contribution < -0.4 is 0 Å². The number of hydrogen-bond acceptors (Lipinski definition) is 5. The van der Waals surface area contributed by atoms with E-state index in [9.17, 15) is 9.18 Å². The normalized spacial score (nSPS) is 19.4. The fourth-order valence-electron chi connectivity index (χ4n) is 4.31. The van der Waals surface area contributed by atoms with Crippen LogP contribution in [-0.4, -0.2) is 43.8 Å². The van der Waals surface area contributed by atoms with Crippen LogP contribution in [0.15, 0.2) is 34.9 Å². The Morgan fingerprint density at radius 3 is 2.69 bits per heavy atom. The number of carbonyl (C=O) groups is 1. The average molecular weight is 438 g/mol. The molecule has 1 aromatic carbocycles. The molecule has 2 aliphatic rings. The summed E-state index contributed by atoms with van der Waals surface area (Å²) in [5, 5.41) is 8.81. The van der Waals surface area contributed by atoms with Crippen LogP contribution in [0, 0.1) is 5.82 Å². The van der Waals surface area contributed by atoms with E-state index in [1.54, 1.807) is 12.1 Å². The number of piperidine rings is 1. The van der Waals surface area contributed by atoms with Gasteiger partial charge in [-0.15, -0.1) is 0 Å². The van der Waals surface area contributed by atoms with Crippen molar-refractivity contribution in [2.24, 2.45) is 0 Å². The van der Waals surface area contributed by atoms with Crippen LogP contribution in [0.5, 0.6) is 0 Å². The molecular formula is C24H28FN5O2. The topological polar surface area (TPSA) is 77.1 Å². The molecule has 1 amide bonds. The summed E-state index contributed by atoms with van der Waals surface area (Å²) in [6.45, 7) is 7.41. The molecule has 1 saturated carbocycles. The SMILES string of the molecule is CC(C)(C)n1nc(C2CC2)cc1C(=O)N1CCCC(c2nc(-c3cccc(F)c3)no2)C1. The number of aromatic nitrogens is 4. The maximum atomic E-state index is 13.6. The molecule has 0 bridgehead atoms. The van der Waals surface area contributed by atoms with Gasteiger partial charge in [-0.2, -0.15) is 10.1 Å². The Labute approximate surface area is 186 Å². The van der Waals surface area contributed by atoms with Crippen LogP contribution in [0.4, 0.5) is 4.39 Å². The molecule has 3 aromatic rings. The smallest absolute Gasteiger partial charge is 0.272 e. The van der Waals surface area contributed by atoms with E-state index >= 15 is 0 Å². The highest BCUT2D eigenvalue weighted by molar-refractivity contribution is 5.93. The molecule has 0 radical (unpaired) electrons. The van der Waals surface area contributed by atoms with Crippen LogP contribution in [0.1, 0.15) is 80.4 Å². The molecule has 2 fully saturated rings. The van der Waals surface area contributed by atoms with Gasteiger partial charge < -0.3 is 9.42 Å². The van der Waals surface area contributed by atoms with Crippen molar-refractivity contribution in [2.75, 3.05) is 13.1 Å². The zero-order valence-electron chi connectivity index (χ0n) is 18.7. The average Bonchev–Trinajstić information content (AvgIpc) is 3.32. The molecule has 32 heavy (non-hydrogen) atoms. The predicted molar refractivity (Wildman–Crippen MR) is 117 cm³/mol. The number of nitrogens with zero attached hydrogens (tertiary/aromatic N) is 5. The monoisotopic (exact) mass is 437 g/mol. The van der Waals surface area contributed by atoms with E-state index in [-0.39, 0.29) is 23.2 Å². The summed E-state index contributed by atoms with van der Waals surface area (Å²) >= 11 is 0. The Bertz CT molecular complexity index is 1140. The van der Waals surface area contributed by atoms with Crippen molar-refractivity contribution in [3.8, 4) is 11.4 Å². The number of carbonyl (C=O) groups excluding carboxylic acids is 1. The molecule has 0 spiro atoms. The lowest BCUT2D eigenvalue weighted by Crippen LogP contribution is -2.41. The van der Waals surface area contributed by atoms with E-state index < -0.39 is 0 Å². The van der Waals surface area contributed by atoms with Gasteiger partial charge in [0, 0.05) is 24.6 Å². The number of rotatable bonds is 4. The Balaban J connectivity index is 1.36. The van der Waals surface area contributed by atoms with Crippen molar-refractivity contribution in [3.63, 3.8) is 0 Å². The molecule has 7 nitrogen and oxygen atoms in total. The molecule has 0 N–H and O–H groups in total. The number of benzene rings is 1. The van der Waals surface area contributed by atoms with Crippen LogP contribution in [0.3, 0.4) is 0 Å². The first-order valence-corrected chi connectivity index (χ1v) is 11.3. The third kappa shape index (κ3) is 4.06. The number of halogens is 1. The van der Waals surface area contributed by atoms with Gasteiger partial charge in [-0.25, -0.2) is 4.39 Å². The van der Waals surface area contributed by atoms with E-state index in [4.69, 9.17) is 9.62 Å². The van der Waals surface area contributed by atoms with Gasteiger partial charge in [0.05, 0.1) is 17.2 Å². The summed E-state index contributed by atoms with van der Waals surface area (Å²) in [7, 11) is 0. The van der Waals surface area contributed by atoms with Gasteiger partial charge in [-0.1, -0.05) is 17.3 Å². The van der Waals surface area contributed by atoms with Gasteiger partial charge in [-0.05, 0) is 64.7 Å². The Hall–Kier alpha value is -3.03. The van der Waals surface area contributed by atoms with Gasteiger partial charge in [0.25, 0.3) is 5.91 Å². The summed E-state index contributed by atoms with van der Waals surface area (Å²) in [5.41, 5.74) is 1.96. The highest BCUT2D eigenvalue weighted by Crippen LogP contribution is 2.40. The molecule has 1 atom stereocenters. The second-order valence-electron chi connectivity index (χ2n) is 9.87. The van der Waals surface area contributed by atoms with Crippen molar-refractivity contribution in [2.45, 2.75) is 63.8 Å². The summed E-state index contributed by atoms with van der Waals surface area (Å²) in [5.74, 6) is 0.945. The van der Waals surface area contributed by atoms with Crippen molar-refractivity contribution < 1.29 is 13.7 Å². The second-order valence-corrected chi connectivity index (χ2v) is 9.87. The minimum atomic E-state index is -0.343. The molecule has 1 saturated heterocycles. The summed E-state index contributed by atoms with van der Waals surface area (Å²) in [6, 6.07) is 8.11. The Morgan fingerprint density at radius 1 is 1.16 bits per heavy atom. The first-order chi connectivity index (χ1) is 15.3. The summed E-state index contributed by atoms with van der Waals surface area (Å²) < 4.78 is 20.9. The van der Waals surface area contributed by atoms with Crippen LogP contribution in [0.2, 0.25) is 0 Å². The molecule has 168 valence electrons. The zero-order valence-corrected chi connectivity index (χ0v) is 18.7. The highest BCUT2D eigenvalue weighted by Gasteiger charge is 2.35. The second kappa shape index (κ2) is 7.83. The predicted octanol–water partition coefficient (Wildman–Crippen LogP) is 4.72. The first-order valence-electron chi connectivity index (χ1n) is 11.3. The number of amides is 1. The summed E-state index contributed by atoms with van der Waals surface area (Å²) in [6.07, 6.45) is 4.00. The molecule has 3 heterocycles. The van der Waals surface area contributed by atoms with Gasteiger partial charge >= 0.3 is 0 Å². The summed E-state index contributed by atoms with van der Waals surface area (Å²) in [4.78, 5) is 19.9. The third-order valence-electron chi connectivity index (χ3n) is 6.16. The van der Waals surface area contributed by atoms with E-state index in [0.717, 1.165) is 31.4 Å². The molecule has 5 rings (SSSR count). The Morgan fingerprint density at radius 2 is 1.97 bits per heavy atom. The number of likely N-dealkylation sites (tertiary alicyclic amines) is 1. The molecule has 8 heteroatoms. The molecule has 1 unspecified atom stereocenters. The number of hydrogen-bond donors (Lipinski definition) is 0. The van der Waals surface area contributed by atoms with E-state index in [1.807, 2.05) is 15.6 Å². The van der Waals surface area contributed by atoms with Crippen molar-refractivity contribution in [1.82, 2.24) is 24.8 Å². The first kappa shape index (κ1) is 20.8. The van der Waals surface area contributed by atoms with Gasteiger partial charge in [0.2, 0.25) is 11.7 Å². The largest absolute Gasteiger partial charge is 0.339 e. The van der Waals surface area contributed by atoms with E-state index in [1.165, 1.54) is 12.1 Å². The van der Waals surface area contributed by atoms with Gasteiger partial charge in [0.1, 0.15) is 11.5 Å². The highest BCUT2D eigenvalue weighted by atomic mass is 19.1. The maximum absolute atomic E-state index is 13.6. The van der Waals surface area contributed by atoms with Crippen LogP contribution in [0.25, 0.3) is 11.4 Å². The van der Waals surface area contributed by atoms with Crippen LogP contribution >= 0.6 is 0 Å². The molecule has 1 aliphatic carbocycles. The Kier molecular flexibility index (Phi) is 5.10. The molecular weight excluding hydrogens is 409 g/mol. The molecule has 1 aliphatic heterocycles. The van der Waals surface area contributed by atoms with Crippen molar-refractivity contribution in [3.05, 3.63) is 53.4 Å². The maximum Gasteiger partial charge on any atom is 0.272 e. The minimum absolute atomic E-state index is 0.00565. The third-order valence-corrected chi connectivity index (χ3v) is 6.16. The standard InChI is InChI=1S/C24H28FN5O2/c1-24(2,3)30-20(13-19(27-30)15-9-10-15)23(31)29-11-5-7-17(14-29)22-26-21(28-32-22)16-6-4-8-18(25)12-16/h4,6,8,12-13,15,17H,5,7,9-11,14H2,1-3H3.